The molecule has 0 fully saturated rings. The summed E-state index contributed by atoms with van der Waals surface area (Å²) in [6.45, 7) is 0. The van der Waals surface area contributed by atoms with Gasteiger partial charge in [0, 0.05) is 0 Å². The Balaban J connectivity index is -0.0000000183. The van der Waals surface area contributed by atoms with E-state index in [0.717, 1.165) is 0 Å². The summed E-state index contributed by atoms with van der Waals surface area (Å²) in [7, 11) is 0. The molecule has 0 aliphatic heterocycles. The van der Waals surface area contributed by atoms with Gasteiger partial charge in [0.15, 0.2) is 0 Å². The topological polar surface area (TPSA) is 74.6 Å². The third kappa shape index (κ3) is 385. The number of carbonyl (C=O) groups is 1. The quantitative estimate of drug-likeness (QED) is 0.370. The second-order valence-corrected chi connectivity index (χ2v) is 0.283. The first-order valence-corrected chi connectivity index (χ1v) is 1.34. The van der Waals surface area contributed by atoms with Crippen LogP contribution in [0.5, 0.6) is 0 Å². The Kier molecular flexibility index (Phi) is 35.7. The van der Waals surface area contributed by atoms with E-state index < -0.39 is 6.16 Å². The van der Waals surface area contributed by atoms with Crippen LogP contribution in [0.25, 0.3) is 0 Å². The molecular weight excluding hydrogens is 151 g/mol. The first kappa shape index (κ1) is 15.6. The fourth-order valence-electron chi connectivity index (χ4n) is 0. The van der Waals surface area contributed by atoms with Gasteiger partial charge in [-0.15, -0.1) is 0 Å². The van der Waals surface area contributed by atoms with Crippen LogP contribution >= 0.6 is 0 Å². The third-order valence-corrected chi connectivity index (χ3v) is 0. The summed E-state index contributed by atoms with van der Waals surface area (Å²) in [6, 6.07) is 0. The van der Waals surface area contributed by atoms with E-state index >= 15 is 0 Å². The average Bonchev–Trinajstić information content (AvgIpc) is 1.41. The van der Waals surface area contributed by atoms with Crippen LogP contribution in [0.2, 0.25) is 0 Å². The minimum atomic E-state index is -1.83. The van der Waals surface area contributed by atoms with Gasteiger partial charge in [-0.1, -0.05) is 0 Å². The fourth-order valence-corrected chi connectivity index (χ4v) is 0. The fraction of sp³-hybridized carbons (Fsp3) is 0. The molecule has 0 saturated heterocycles. The maximum absolute atomic E-state index is 8.56. The molecule has 7 heavy (non-hydrogen) atoms. The molecule has 0 aromatic carbocycles. The van der Waals surface area contributed by atoms with E-state index in [2.05, 4.69) is 0 Å². The molecule has 0 amide bonds. The average molecular weight is 154 g/mol. The standard InChI is InChI=1S/CH2O3.Cr.Na.O.H/c2-1(3)4;;;;/h(H2,2,3,4);;;;/q;;+1;;-1. The summed E-state index contributed by atoms with van der Waals surface area (Å²) in [5.41, 5.74) is 0. The molecule has 38 valence electrons. The molecule has 0 aromatic heterocycles. The van der Waals surface area contributed by atoms with Gasteiger partial charge in [0.05, 0.1) is 0 Å². The van der Waals surface area contributed by atoms with Gasteiger partial charge in [0.2, 0.25) is 0 Å². The number of hydrogen-bond acceptors (Lipinski definition) is 2. The number of carboxylic acid groups (broad SMARTS) is 2. The molecule has 0 unspecified atom stereocenters. The molecule has 0 bridgehead atoms. The van der Waals surface area contributed by atoms with Gasteiger partial charge in [0.25, 0.3) is 0 Å². The van der Waals surface area contributed by atoms with Gasteiger partial charge >= 0.3 is 55.7 Å². The van der Waals surface area contributed by atoms with E-state index in [-0.39, 0.29) is 31.0 Å². The molecule has 2 N–H and O–H groups in total. The zero-order valence-electron chi connectivity index (χ0n) is 4.62. The van der Waals surface area contributed by atoms with Gasteiger partial charge in [-0.2, -0.15) is 0 Å². The van der Waals surface area contributed by atoms with Gasteiger partial charge in [-0.3, -0.25) is 0 Å². The second-order valence-electron chi connectivity index (χ2n) is 0.283. The van der Waals surface area contributed by atoms with E-state index in [1.54, 1.807) is 0 Å². The SMILES string of the molecule is O=C(O)O.[H-].[Na+].[O]=[Cr]. The zero-order valence-corrected chi connectivity index (χ0v) is 6.89. The van der Waals surface area contributed by atoms with Crippen molar-refractivity contribution < 1.29 is 66.0 Å². The van der Waals surface area contributed by atoms with Crippen LogP contribution < -0.4 is 29.6 Å². The van der Waals surface area contributed by atoms with Crippen molar-refractivity contribution in [1.29, 1.82) is 0 Å². The van der Waals surface area contributed by atoms with Gasteiger partial charge in [-0.25, -0.2) is 4.79 Å². The van der Waals surface area contributed by atoms with E-state index in [9.17, 15) is 0 Å². The van der Waals surface area contributed by atoms with Gasteiger partial charge in [0.1, 0.15) is 0 Å². The van der Waals surface area contributed by atoms with Crippen molar-refractivity contribution in [2.45, 2.75) is 0 Å². The molecule has 4 nitrogen and oxygen atoms in total. The first-order valence-electron chi connectivity index (χ1n) is 0.818. The predicted octanol–water partition coefficient (Wildman–Crippen LogP) is -2.78. The summed E-state index contributed by atoms with van der Waals surface area (Å²) in [5.74, 6) is 0. The molecule has 0 saturated carbocycles. The number of rotatable bonds is 0. The van der Waals surface area contributed by atoms with Crippen LogP contribution in [0.15, 0.2) is 0 Å². The van der Waals surface area contributed by atoms with E-state index in [1.165, 1.54) is 16.2 Å². The molecule has 0 heterocycles. The van der Waals surface area contributed by atoms with Crippen LogP contribution in [-0.4, -0.2) is 16.4 Å². The van der Waals surface area contributed by atoms with Crippen molar-refractivity contribution >= 4 is 6.16 Å². The van der Waals surface area contributed by atoms with Crippen molar-refractivity contribution in [3.8, 4) is 0 Å². The van der Waals surface area contributed by atoms with Crippen LogP contribution in [0.1, 0.15) is 1.43 Å². The molecule has 6 heteroatoms. The Labute approximate surface area is 71.9 Å². The van der Waals surface area contributed by atoms with Crippen molar-refractivity contribution in [1.82, 2.24) is 0 Å². The van der Waals surface area contributed by atoms with Crippen molar-refractivity contribution in [2.24, 2.45) is 0 Å². The third-order valence-electron chi connectivity index (χ3n) is 0. The second kappa shape index (κ2) is 16.0. The predicted molar refractivity (Wildman–Crippen MR) is 12.5 cm³/mol. The van der Waals surface area contributed by atoms with Gasteiger partial charge in [-0.05, 0) is 0 Å². The Hall–Kier alpha value is 0.602. The molecule has 0 aromatic rings. The minimum absolute atomic E-state index is 0. The summed E-state index contributed by atoms with van der Waals surface area (Å²) in [4.78, 5) is 8.56. The van der Waals surface area contributed by atoms with Crippen LogP contribution in [0.3, 0.4) is 0 Å². The van der Waals surface area contributed by atoms with Crippen LogP contribution in [0.4, 0.5) is 4.79 Å². The Morgan fingerprint density at radius 1 is 1.43 bits per heavy atom. The molecule has 0 radical (unpaired) electrons. The summed E-state index contributed by atoms with van der Waals surface area (Å²) in [5, 5.41) is 13.9. The molecule has 0 rings (SSSR count). The van der Waals surface area contributed by atoms with Crippen molar-refractivity contribution in [3.05, 3.63) is 0 Å². The Bertz CT molecular complexity index is 47.3. The number of hydrogen-bond donors (Lipinski definition) is 2. The summed E-state index contributed by atoms with van der Waals surface area (Å²) >= 11 is 1.38. The Morgan fingerprint density at radius 2 is 1.43 bits per heavy atom. The zero-order chi connectivity index (χ0) is 5.58. The molecule has 0 atom stereocenters. The molecule has 0 aliphatic rings. The summed E-state index contributed by atoms with van der Waals surface area (Å²) in [6.07, 6.45) is -1.83. The van der Waals surface area contributed by atoms with Crippen molar-refractivity contribution in [3.63, 3.8) is 0 Å². The van der Waals surface area contributed by atoms with Crippen molar-refractivity contribution in [2.75, 3.05) is 0 Å². The van der Waals surface area contributed by atoms with Crippen LogP contribution in [0, 0.1) is 0 Å². The van der Waals surface area contributed by atoms with E-state index in [1.807, 2.05) is 0 Å². The first-order chi connectivity index (χ1) is 2.73. The normalized spacial score (nSPS) is 4.00. The monoisotopic (exact) mass is 154 g/mol. The molecule has 0 spiro atoms. The Morgan fingerprint density at radius 3 is 1.43 bits per heavy atom. The van der Waals surface area contributed by atoms with E-state index in [0.29, 0.717) is 0 Å². The molecule has 0 aliphatic carbocycles. The summed E-state index contributed by atoms with van der Waals surface area (Å²) < 4.78 is 8.12. The van der Waals surface area contributed by atoms with Gasteiger partial charge < -0.3 is 11.6 Å². The maximum atomic E-state index is 8.56. The van der Waals surface area contributed by atoms with Crippen LogP contribution in [-0.2, 0) is 20.0 Å². The van der Waals surface area contributed by atoms with E-state index in [4.69, 9.17) is 18.8 Å². The molecular formula is CH3CrNaO4.